The van der Waals surface area contributed by atoms with Gasteiger partial charge in [0, 0.05) is 37.8 Å². The van der Waals surface area contributed by atoms with Crippen LogP contribution in [0.25, 0.3) is 10.9 Å². The molecule has 0 bridgehead atoms. The first-order valence-corrected chi connectivity index (χ1v) is 21.6. The number of hydrogen-bond donors (Lipinski definition) is 2. The van der Waals surface area contributed by atoms with Gasteiger partial charge in [0.2, 0.25) is 5.56 Å². The summed E-state index contributed by atoms with van der Waals surface area (Å²) >= 11 is 0. The standard InChI is InChI=1S/C46H56N2O6S/c49-43(41-25-27-44(46-42(41)26-28-45(50)47-46)54-35-38-19-7-4-8-20-38)34-48(33-37-17-5-3-6-18-37)29-12-1-2-13-30-53-31-14-11-16-36-21-15-24-40(32-36)55(51,52)39-22-9-10-23-39/h3-8,15,17-21,24-28,32,39,43,49H,1-2,9-14,16,22-23,29-31,33-35H2,(H,47,50)/t43-/m0/s1. The molecule has 0 amide bonds. The second-order valence-electron chi connectivity index (χ2n) is 14.9. The number of nitrogens with one attached hydrogen (secondary N) is 1. The lowest BCUT2D eigenvalue weighted by molar-refractivity contribution is 0.108. The maximum Gasteiger partial charge on any atom is 0.248 e. The van der Waals surface area contributed by atoms with Crippen molar-refractivity contribution in [1.82, 2.24) is 9.88 Å². The van der Waals surface area contributed by atoms with Crippen LogP contribution < -0.4 is 10.3 Å². The summed E-state index contributed by atoms with van der Waals surface area (Å²) < 4.78 is 38.1. The molecule has 292 valence electrons. The first kappa shape index (κ1) is 40.4. The highest BCUT2D eigenvalue weighted by atomic mass is 32.2. The number of sulfone groups is 1. The first-order valence-electron chi connectivity index (χ1n) is 20.0. The number of hydrogen-bond acceptors (Lipinski definition) is 7. The maximum absolute atomic E-state index is 13.0. The van der Waals surface area contributed by atoms with E-state index >= 15 is 0 Å². The van der Waals surface area contributed by atoms with Crippen LogP contribution in [0.1, 0.15) is 92.6 Å². The molecule has 1 saturated carbocycles. The van der Waals surface area contributed by atoms with Crippen LogP contribution in [0, 0.1) is 0 Å². The lowest BCUT2D eigenvalue weighted by atomic mass is 10.0. The van der Waals surface area contributed by atoms with Crippen molar-refractivity contribution >= 4 is 20.7 Å². The van der Waals surface area contributed by atoms with E-state index in [1.807, 2.05) is 78.9 Å². The third-order valence-corrected chi connectivity index (χ3v) is 12.9. The quantitative estimate of drug-likeness (QED) is 0.0678. The van der Waals surface area contributed by atoms with Crippen LogP contribution >= 0.6 is 0 Å². The number of unbranched alkanes of at least 4 members (excludes halogenated alkanes) is 4. The zero-order valence-electron chi connectivity index (χ0n) is 31.9. The van der Waals surface area contributed by atoms with E-state index in [0.717, 1.165) is 112 Å². The molecule has 1 fully saturated rings. The van der Waals surface area contributed by atoms with Crippen LogP contribution in [0.4, 0.5) is 0 Å². The van der Waals surface area contributed by atoms with Gasteiger partial charge < -0.3 is 19.6 Å². The maximum atomic E-state index is 13.0. The third-order valence-electron chi connectivity index (χ3n) is 10.7. The molecule has 55 heavy (non-hydrogen) atoms. The molecule has 0 saturated heterocycles. The molecule has 0 radical (unpaired) electrons. The second kappa shape index (κ2) is 20.6. The smallest absolute Gasteiger partial charge is 0.248 e. The molecule has 1 atom stereocenters. The number of aliphatic hydroxyl groups excluding tert-OH is 1. The molecule has 0 aliphatic heterocycles. The summed E-state index contributed by atoms with van der Waals surface area (Å²) in [5, 5.41) is 12.2. The van der Waals surface area contributed by atoms with Crippen LogP contribution in [-0.2, 0) is 34.1 Å². The molecule has 4 aromatic carbocycles. The number of H-pyrrole nitrogens is 1. The number of ether oxygens (including phenoxy) is 2. The fourth-order valence-corrected chi connectivity index (χ4v) is 9.53. The molecule has 1 aliphatic carbocycles. The van der Waals surface area contributed by atoms with Gasteiger partial charge in [-0.2, -0.15) is 0 Å². The Kier molecular flexibility index (Phi) is 15.1. The molecule has 0 spiro atoms. The van der Waals surface area contributed by atoms with Gasteiger partial charge in [-0.05, 0) is 98.0 Å². The summed E-state index contributed by atoms with van der Waals surface area (Å²) in [5.41, 5.74) is 4.45. The normalized spacial score (nSPS) is 14.1. The second-order valence-corrected chi connectivity index (χ2v) is 17.1. The monoisotopic (exact) mass is 764 g/mol. The Bertz CT molecular complexity index is 2080. The largest absolute Gasteiger partial charge is 0.487 e. The van der Waals surface area contributed by atoms with Crippen LogP contribution in [0.5, 0.6) is 5.75 Å². The van der Waals surface area contributed by atoms with E-state index in [1.54, 1.807) is 12.1 Å². The number of aliphatic hydroxyl groups is 1. The van der Waals surface area contributed by atoms with Crippen molar-refractivity contribution in [2.45, 2.75) is 100 Å². The molecule has 6 rings (SSSR count). The van der Waals surface area contributed by atoms with Gasteiger partial charge >= 0.3 is 0 Å². The lowest BCUT2D eigenvalue weighted by Crippen LogP contribution is -2.29. The number of fused-ring (bicyclic) bond motifs is 1. The highest BCUT2D eigenvalue weighted by Gasteiger charge is 2.30. The van der Waals surface area contributed by atoms with Crippen molar-refractivity contribution in [2.75, 3.05) is 26.3 Å². The number of aromatic amines is 1. The number of nitrogens with zero attached hydrogens (tertiary/aromatic N) is 1. The Hall–Kier alpha value is -4.28. The summed E-state index contributed by atoms with van der Waals surface area (Å²) in [7, 11) is -3.22. The highest BCUT2D eigenvalue weighted by Crippen LogP contribution is 2.32. The van der Waals surface area contributed by atoms with Gasteiger partial charge in [0.1, 0.15) is 12.4 Å². The first-order chi connectivity index (χ1) is 26.9. The fourth-order valence-electron chi connectivity index (χ4n) is 7.61. The summed E-state index contributed by atoms with van der Waals surface area (Å²) in [5.74, 6) is 0.576. The molecule has 1 aromatic heterocycles. The van der Waals surface area contributed by atoms with Crippen molar-refractivity contribution in [3.8, 4) is 5.75 Å². The predicted molar refractivity (Wildman–Crippen MR) is 220 cm³/mol. The van der Waals surface area contributed by atoms with Gasteiger partial charge in [-0.3, -0.25) is 9.69 Å². The number of aryl methyl sites for hydroxylation is 1. The molecule has 1 aliphatic rings. The minimum Gasteiger partial charge on any atom is -0.487 e. The Labute approximate surface area is 326 Å². The molecule has 2 N–H and O–H groups in total. The van der Waals surface area contributed by atoms with Crippen molar-refractivity contribution in [3.05, 3.63) is 142 Å². The predicted octanol–water partition coefficient (Wildman–Crippen LogP) is 8.96. The Morgan fingerprint density at radius 1 is 0.745 bits per heavy atom. The lowest BCUT2D eigenvalue weighted by Gasteiger charge is -2.26. The highest BCUT2D eigenvalue weighted by molar-refractivity contribution is 7.92. The minimum absolute atomic E-state index is 0.214. The van der Waals surface area contributed by atoms with E-state index in [0.29, 0.717) is 35.9 Å². The Morgan fingerprint density at radius 2 is 1.44 bits per heavy atom. The Balaban J connectivity index is 0.935. The van der Waals surface area contributed by atoms with Crippen molar-refractivity contribution < 1.29 is 23.0 Å². The zero-order chi connectivity index (χ0) is 38.3. The van der Waals surface area contributed by atoms with Crippen LogP contribution in [0.3, 0.4) is 0 Å². The van der Waals surface area contributed by atoms with Crippen molar-refractivity contribution in [1.29, 1.82) is 0 Å². The average Bonchev–Trinajstić information content (AvgIpc) is 3.76. The summed E-state index contributed by atoms with van der Waals surface area (Å²) in [6.45, 7) is 3.86. The van der Waals surface area contributed by atoms with Crippen LogP contribution in [0.2, 0.25) is 0 Å². The van der Waals surface area contributed by atoms with Gasteiger partial charge in [0.15, 0.2) is 9.84 Å². The average molecular weight is 765 g/mol. The number of aromatic nitrogens is 1. The molecular formula is C46H56N2O6S. The van der Waals surface area contributed by atoms with Gasteiger partial charge in [-0.25, -0.2) is 8.42 Å². The number of rotatable bonds is 22. The van der Waals surface area contributed by atoms with E-state index in [4.69, 9.17) is 9.47 Å². The van der Waals surface area contributed by atoms with Crippen LogP contribution in [-0.4, -0.2) is 55.0 Å². The van der Waals surface area contributed by atoms with E-state index in [9.17, 15) is 18.3 Å². The van der Waals surface area contributed by atoms with Gasteiger partial charge in [0.25, 0.3) is 0 Å². The fraction of sp³-hybridized carbons (Fsp3) is 0.413. The van der Waals surface area contributed by atoms with Crippen molar-refractivity contribution in [3.63, 3.8) is 0 Å². The number of pyridine rings is 1. The van der Waals surface area contributed by atoms with Gasteiger partial charge in [0.05, 0.1) is 21.8 Å². The molecule has 1 heterocycles. The molecule has 9 heteroatoms. The molecule has 5 aromatic rings. The Morgan fingerprint density at radius 3 is 2.20 bits per heavy atom. The number of benzene rings is 4. The van der Waals surface area contributed by atoms with E-state index in [-0.39, 0.29) is 10.8 Å². The molecule has 8 nitrogen and oxygen atoms in total. The topological polar surface area (TPSA) is 109 Å². The van der Waals surface area contributed by atoms with E-state index < -0.39 is 15.9 Å². The summed E-state index contributed by atoms with van der Waals surface area (Å²) in [4.78, 5) is 18.1. The summed E-state index contributed by atoms with van der Waals surface area (Å²) in [6.07, 6.45) is 9.76. The van der Waals surface area contributed by atoms with Gasteiger partial charge in [-0.1, -0.05) is 105 Å². The molecular weight excluding hydrogens is 709 g/mol. The van der Waals surface area contributed by atoms with E-state index in [1.165, 1.54) is 11.6 Å². The summed E-state index contributed by atoms with van der Waals surface area (Å²) in [6, 6.07) is 34.8. The molecule has 0 unspecified atom stereocenters. The zero-order valence-corrected chi connectivity index (χ0v) is 32.7. The van der Waals surface area contributed by atoms with Crippen molar-refractivity contribution in [2.24, 2.45) is 0 Å². The van der Waals surface area contributed by atoms with Gasteiger partial charge in [-0.15, -0.1) is 0 Å². The minimum atomic E-state index is -3.22. The van der Waals surface area contributed by atoms with Crippen LogP contribution in [0.15, 0.2) is 119 Å². The third kappa shape index (κ3) is 11.9. The van der Waals surface area contributed by atoms with E-state index in [2.05, 4.69) is 22.0 Å². The SMILES string of the molecule is O=c1ccc2c([C@@H](O)CN(CCCCCCOCCCCc3cccc(S(=O)(=O)C4CCCC4)c3)Cc3ccccc3)ccc(OCc3ccccc3)c2[nH]1.